The maximum Gasteiger partial charge on any atom is 0.335 e. The van der Waals surface area contributed by atoms with E-state index < -0.39 is 5.97 Å². The molecule has 0 spiro atoms. The smallest absolute Gasteiger partial charge is 0.335 e. The van der Waals surface area contributed by atoms with Crippen molar-refractivity contribution in [2.24, 2.45) is 0 Å². The predicted octanol–water partition coefficient (Wildman–Crippen LogP) is 1.77. The van der Waals surface area contributed by atoms with Crippen molar-refractivity contribution in [3.63, 3.8) is 0 Å². The van der Waals surface area contributed by atoms with Crippen LogP contribution in [0.3, 0.4) is 0 Å². The number of halogens is 1. The number of carboxylic acids is 1. The van der Waals surface area contributed by atoms with Crippen LogP contribution in [0.15, 0.2) is 18.2 Å². The highest BCUT2D eigenvalue weighted by molar-refractivity contribution is 5.89. The van der Waals surface area contributed by atoms with Gasteiger partial charge in [-0.1, -0.05) is 6.07 Å². The molecule has 1 heterocycles. The lowest BCUT2D eigenvalue weighted by atomic mass is 10.1. The lowest BCUT2D eigenvalue weighted by Crippen LogP contribution is -1.97. The fourth-order valence-corrected chi connectivity index (χ4v) is 1.42. The summed E-state index contributed by atoms with van der Waals surface area (Å²) in [6, 6.07) is 5.21. The minimum absolute atomic E-state index is 0. The van der Waals surface area contributed by atoms with E-state index in [2.05, 4.69) is 5.32 Å². The van der Waals surface area contributed by atoms with Gasteiger partial charge in [0, 0.05) is 12.2 Å². The molecule has 1 aromatic carbocycles. The number of hydrogen-bond acceptors (Lipinski definition) is 2. The normalized spacial score (nSPS) is 12.6. The zero-order valence-electron chi connectivity index (χ0n) is 6.91. The van der Waals surface area contributed by atoms with Gasteiger partial charge < -0.3 is 10.4 Å². The topological polar surface area (TPSA) is 49.3 Å². The summed E-state index contributed by atoms with van der Waals surface area (Å²) in [6.45, 7) is 0.915. The zero-order valence-corrected chi connectivity index (χ0v) is 7.73. The molecule has 2 N–H and O–H groups in total. The van der Waals surface area contributed by atoms with Crippen LogP contribution in [0.2, 0.25) is 0 Å². The third-order valence-electron chi connectivity index (χ3n) is 2.07. The summed E-state index contributed by atoms with van der Waals surface area (Å²) in [6.07, 6.45) is 0.995. The van der Waals surface area contributed by atoms with Crippen LogP contribution in [-0.2, 0) is 6.42 Å². The molecule has 0 fully saturated rings. The molecule has 3 nitrogen and oxygen atoms in total. The molecular weight excluding hydrogens is 190 g/mol. The first-order valence-electron chi connectivity index (χ1n) is 3.87. The fraction of sp³-hybridized carbons (Fsp3) is 0.222. The van der Waals surface area contributed by atoms with Gasteiger partial charge in [-0.2, -0.15) is 0 Å². The highest BCUT2D eigenvalue weighted by Gasteiger charge is 2.11. The average molecular weight is 200 g/mol. The standard InChI is InChI=1S/C9H9NO2.ClH/c11-9(12)7-2-1-6-3-4-10-8(6)5-7;/h1-2,5,10H,3-4H2,(H,11,12);1H. The van der Waals surface area contributed by atoms with Crippen LogP contribution in [0.1, 0.15) is 15.9 Å². The van der Waals surface area contributed by atoms with Gasteiger partial charge in [-0.15, -0.1) is 12.4 Å². The van der Waals surface area contributed by atoms with Crippen LogP contribution in [0.4, 0.5) is 5.69 Å². The lowest BCUT2D eigenvalue weighted by molar-refractivity contribution is 0.0697. The van der Waals surface area contributed by atoms with E-state index in [0.717, 1.165) is 18.7 Å². The Bertz CT molecular complexity index is 338. The number of carboxylic acid groups (broad SMARTS) is 1. The van der Waals surface area contributed by atoms with E-state index in [9.17, 15) is 4.79 Å². The number of nitrogens with one attached hydrogen (secondary N) is 1. The van der Waals surface area contributed by atoms with Crippen LogP contribution in [-0.4, -0.2) is 17.6 Å². The Morgan fingerprint density at radius 2 is 2.23 bits per heavy atom. The average Bonchev–Trinajstić information content (AvgIpc) is 2.49. The summed E-state index contributed by atoms with van der Waals surface area (Å²) < 4.78 is 0. The second-order valence-corrected chi connectivity index (χ2v) is 2.85. The number of carbonyl (C=O) groups is 1. The van der Waals surface area contributed by atoms with Gasteiger partial charge in [-0.05, 0) is 24.1 Å². The highest BCUT2D eigenvalue weighted by Crippen LogP contribution is 2.22. The molecule has 13 heavy (non-hydrogen) atoms. The first-order chi connectivity index (χ1) is 5.77. The highest BCUT2D eigenvalue weighted by atomic mass is 35.5. The van der Waals surface area contributed by atoms with Crippen LogP contribution in [0, 0.1) is 0 Å². The SMILES string of the molecule is Cl.O=C(O)c1ccc2c(c1)NCC2. The zero-order chi connectivity index (χ0) is 8.55. The molecule has 0 unspecified atom stereocenters. The van der Waals surface area contributed by atoms with E-state index in [0.29, 0.717) is 5.56 Å². The van der Waals surface area contributed by atoms with E-state index in [1.165, 1.54) is 5.56 Å². The number of rotatable bonds is 1. The molecule has 0 amide bonds. The minimum Gasteiger partial charge on any atom is -0.478 e. The van der Waals surface area contributed by atoms with E-state index >= 15 is 0 Å². The molecule has 2 rings (SSSR count). The number of benzene rings is 1. The second kappa shape index (κ2) is 3.66. The Morgan fingerprint density at radius 3 is 2.92 bits per heavy atom. The van der Waals surface area contributed by atoms with Gasteiger partial charge in [0.1, 0.15) is 0 Å². The second-order valence-electron chi connectivity index (χ2n) is 2.85. The van der Waals surface area contributed by atoms with Crippen LogP contribution < -0.4 is 5.32 Å². The van der Waals surface area contributed by atoms with E-state index in [4.69, 9.17) is 5.11 Å². The molecule has 0 bridgehead atoms. The van der Waals surface area contributed by atoms with Crippen molar-refractivity contribution >= 4 is 24.1 Å². The third kappa shape index (κ3) is 1.75. The monoisotopic (exact) mass is 199 g/mol. The number of aromatic carboxylic acids is 1. The molecule has 0 saturated carbocycles. The summed E-state index contributed by atoms with van der Waals surface area (Å²) in [5.41, 5.74) is 2.53. The summed E-state index contributed by atoms with van der Waals surface area (Å²) in [5.74, 6) is -0.869. The molecule has 0 saturated heterocycles. The quantitative estimate of drug-likeness (QED) is 0.725. The molecule has 0 aromatic heterocycles. The van der Waals surface area contributed by atoms with Gasteiger partial charge in [0.15, 0.2) is 0 Å². The maximum atomic E-state index is 10.6. The number of anilines is 1. The molecule has 70 valence electrons. The van der Waals surface area contributed by atoms with Crippen LogP contribution in [0.5, 0.6) is 0 Å². The first kappa shape index (κ1) is 9.86. The van der Waals surface area contributed by atoms with Crippen molar-refractivity contribution in [2.45, 2.75) is 6.42 Å². The van der Waals surface area contributed by atoms with Crippen molar-refractivity contribution in [3.8, 4) is 0 Å². The molecule has 0 radical (unpaired) electrons. The van der Waals surface area contributed by atoms with Gasteiger partial charge in [0.2, 0.25) is 0 Å². The van der Waals surface area contributed by atoms with Crippen LogP contribution in [0.25, 0.3) is 0 Å². The van der Waals surface area contributed by atoms with E-state index in [1.54, 1.807) is 12.1 Å². The molecule has 1 aliphatic heterocycles. The van der Waals surface area contributed by atoms with Gasteiger partial charge in [-0.3, -0.25) is 0 Å². The van der Waals surface area contributed by atoms with Crippen molar-refractivity contribution in [1.82, 2.24) is 0 Å². The van der Waals surface area contributed by atoms with E-state index in [-0.39, 0.29) is 12.4 Å². The largest absolute Gasteiger partial charge is 0.478 e. The Kier molecular flexibility index (Phi) is 2.78. The van der Waals surface area contributed by atoms with Gasteiger partial charge in [0.05, 0.1) is 5.56 Å². The maximum absolute atomic E-state index is 10.6. The van der Waals surface area contributed by atoms with Crippen LogP contribution >= 0.6 is 12.4 Å². The number of fused-ring (bicyclic) bond motifs is 1. The molecule has 1 aliphatic rings. The Balaban J connectivity index is 0.000000845. The minimum atomic E-state index is -0.869. The Hall–Kier alpha value is -1.22. The summed E-state index contributed by atoms with van der Waals surface area (Å²) >= 11 is 0. The van der Waals surface area contributed by atoms with Crippen molar-refractivity contribution in [2.75, 3.05) is 11.9 Å². The Morgan fingerprint density at radius 1 is 1.46 bits per heavy atom. The van der Waals surface area contributed by atoms with Crippen molar-refractivity contribution in [3.05, 3.63) is 29.3 Å². The number of hydrogen-bond donors (Lipinski definition) is 2. The third-order valence-corrected chi connectivity index (χ3v) is 2.07. The summed E-state index contributed by atoms with van der Waals surface area (Å²) in [7, 11) is 0. The first-order valence-corrected chi connectivity index (χ1v) is 3.87. The lowest BCUT2D eigenvalue weighted by Gasteiger charge is -2.00. The predicted molar refractivity (Wildman–Crippen MR) is 52.8 cm³/mol. The van der Waals surface area contributed by atoms with Gasteiger partial charge in [-0.25, -0.2) is 4.79 Å². The van der Waals surface area contributed by atoms with E-state index in [1.807, 2.05) is 6.07 Å². The van der Waals surface area contributed by atoms with Gasteiger partial charge in [0.25, 0.3) is 0 Å². The fourth-order valence-electron chi connectivity index (χ4n) is 1.42. The van der Waals surface area contributed by atoms with Crippen molar-refractivity contribution < 1.29 is 9.90 Å². The van der Waals surface area contributed by atoms with Gasteiger partial charge >= 0.3 is 5.97 Å². The molecule has 1 aromatic rings. The van der Waals surface area contributed by atoms with Crippen molar-refractivity contribution in [1.29, 1.82) is 0 Å². The Labute approximate surface area is 82.2 Å². The molecule has 0 atom stereocenters. The summed E-state index contributed by atoms with van der Waals surface area (Å²) in [4.78, 5) is 10.6. The molecule has 0 aliphatic carbocycles. The molecular formula is C9H10ClNO2. The summed E-state index contributed by atoms with van der Waals surface area (Å²) in [5, 5.41) is 11.8. The molecule has 4 heteroatoms.